The molecule has 2 aromatic carbocycles. The molecule has 3 saturated carbocycles. The van der Waals surface area contributed by atoms with Crippen molar-refractivity contribution < 1.29 is 81.5 Å². The number of carbonyl (C=O) groups excluding carboxylic acids is 9. The van der Waals surface area contributed by atoms with Crippen molar-refractivity contribution >= 4 is 84.4 Å². The number of methoxy groups -OCH3 is 1. The molecule has 484 valence electrons. The maximum atomic E-state index is 13.6. The first kappa shape index (κ1) is 68.8. The van der Waals surface area contributed by atoms with E-state index in [0.717, 1.165) is 28.2 Å². The number of carboxylic acid groups (broad SMARTS) is 1. The van der Waals surface area contributed by atoms with Gasteiger partial charge in [-0.2, -0.15) is 0 Å². The standard InChI is InChI=1S/C32H43BN2O6.C24H25BN4O8.C7H9ClN2O3/c1-30(2,3)39-29(37)22-12-10-11-19(28(22)38-7)15-21(18-24(36)27(34)23-13-8-9-14-35-23)33-40-26-17-20-16-25(31(20,4)5)32(26,6)41-33;1-2-28-10-11-29(22(32)21(28)31)24(35)27-19(17-8-3-4-9-26-17)18(30)13-15-12-14-6-5-7-16(23(33)34)20(14)37-25(15)36;1-2-9-3-4-10(7(8)13)6(12)5(9)11/h8-14,20-21,25-27H,15-18,34H2,1-7H3;3-9,15,19,36H,2,10-13H2,1H3,(H,27,35)(H,33,34);2-4H2,1H3/t20-,21-,25+,26?,27?,32+;15-,19?;/m11./s1. The first-order valence-corrected chi connectivity index (χ1v) is 30.7. The number of piperazine rings is 2. The van der Waals surface area contributed by atoms with Gasteiger partial charge in [-0.05, 0) is 144 Å². The minimum Gasteiger partial charge on any atom is -0.535 e. The zero-order valence-corrected chi connectivity index (χ0v) is 53.2. The number of benzene rings is 2. The van der Waals surface area contributed by atoms with Gasteiger partial charge in [-0.1, -0.05) is 50.2 Å². The van der Waals surface area contributed by atoms with Crippen LogP contribution in [0.25, 0.3) is 0 Å². The molecule has 11 rings (SSSR count). The van der Waals surface area contributed by atoms with Gasteiger partial charge >= 0.3 is 61.2 Å². The second-order valence-corrected chi connectivity index (χ2v) is 25.3. The lowest BCUT2D eigenvalue weighted by Crippen LogP contribution is -2.65. The number of pyridine rings is 2. The van der Waals surface area contributed by atoms with E-state index >= 15 is 0 Å². The number of rotatable bonds is 17. The molecule has 91 heavy (non-hydrogen) atoms. The summed E-state index contributed by atoms with van der Waals surface area (Å²) in [6.07, 6.45) is 5.58. The van der Waals surface area contributed by atoms with Gasteiger partial charge in [-0.15, -0.1) is 0 Å². The molecular formula is C63H77B2ClN8O17. The van der Waals surface area contributed by atoms with Gasteiger partial charge in [0.1, 0.15) is 34.7 Å². The average Bonchev–Trinajstić information content (AvgIpc) is 1.66. The number of fused-ring (bicyclic) bond motifs is 1. The van der Waals surface area contributed by atoms with Crippen molar-refractivity contribution in [3.05, 3.63) is 119 Å². The molecule has 0 radical (unpaired) electrons. The Morgan fingerprint density at radius 3 is 1.98 bits per heavy atom. The van der Waals surface area contributed by atoms with Crippen molar-refractivity contribution in [3.63, 3.8) is 0 Å². The third-order valence-electron chi connectivity index (χ3n) is 17.9. The number of halogens is 1. The van der Waals surface area contributed by atoms with Crippen LogP contribution in [0.2, 0.25) is 11.6 Å². The molecule has 4 aliphatic heterocycles. The third kappa shape index (κ3) is 15.1. The molecule has 3 unspecified atom stereocenters. The van der Waals surface area contributed by atoms with Crippen LogP contribution in [0.1, 0.15) is 136 Å². The molecule has 7 amide bonds. The van der Waals surface area contributed by atoms with Crippen molar-refractivity contribution in [2.75, 3.05) is 46.4 Å². The lowest BCUT2D eigenvalue weighted by atomic mass is 9.43. The fraction of sp³-hybridized carbons (Fsp3) is 0.492. The number of ether oxygens (including phenoxy) is 2. The number of ketones is 2. The van der Waals surface area contributed by atoms with Crippen LogP contribution in [0.4, 0.5) is 9.59 Å². The number of hydrogen-bond donors (Lipinski definition) is 4. The maximum absolute atomic E-state index is 13.6. The number of esters is 1. The molecule has 4 aromatic rings. The van der Waals surface area contributed by atoms with E-state index in [1.54, 1.807) is 62.5 Å². The molecule has 0 spiro atoms. The number of hydrogen-bond acceptors (Lipinski definition) is 19. The van der Waals surface area contributed by atoms with E-state index in [2.05, 4.69) is 36.1 Å². The predicted octanol–water partition coefficient (Wildman–Crippen LogP) is 6.05. The molecule has 6 fully saturated rings. The number of aromatic nitrogens is 2. The summed E-state index contributed by atoms with van der Waals surface area (Å²) in [7, 11) is -0.523. The van der Waals surface area contributed by atoms with Crippen LogP contribution < -0.4 is 20.4 Å². The molecule has 28 heteroatoms. The number of nitrogens with one attached hydrogen (secondary N) is 1. The van der Waals surface area contributed by atoms with Gasteiger partial charge in [0, 0.05) is 76.1 Å². The number of carbonyl (C=O) groups is 10. The van der Waals surface area contributed by atoms with Gasteiger partial charge < -0.3 is 54.4 Å². The molecule has 5 N–H and O–H groups in total. The Bertz CT molecular complexity index is 3430. The second kappa shape index (κ2) is 28.6. The van der Waals surface area contributed by atoms with Crippen LogP contribution in [0.15, 0.2) is 85.2 Å². The van der Waals surface area contributed by atoms with E-state index in [4.69, 9.17) is 40.8 Å². The number of aromatic carboxylic acids is 1. The van der Waals surface area contributed by atoms with Crippen LogP contribution in [-0.2, 0) is 55.7 Å². The predicted molar refractivity (Wildman–Crippen MR) is 330 cm³/mol. The highest BCUT2D eigenvalue weighted by Crippen LogP contribution is 2.66. The van der Waals surface area contributed by atoms with Crippen molar-refractivity contribution in [2.45, 2.75) is 135 Å². The molecule has 3 saturated heterocycles. The van der Waals surface area contributed by atoms with Crippen LogP contribution >= 0.6 is 11.6 Å². The molecule has 7 aliphatic rings. The summed E-state index contributed by atoms with van der Waals surface area (Å²) in [6.45, 7) is 17.3. The molecule has 8 atom stereocenters. The van der Waals surface area contributed by atoms with Crippen LogP contribution in [-0.4, -0.2) is 176 Å². The summed E-state index contributed by atoms with van der Waals surface area (Å²) in [5, 5.41) is 21.6. The number of imide groups is 2. The van der Waals surface area contributed by atoms with Gasteiger partial charge in [0.25, 0.3) is 0 Å². The smallest absolute Gasteiger partial charge is 0.526 e. The number of likely N-dealkylation sites (N-methyl/N-ethyl adjacent to an activating group) is 2. The number of carboxylic acids is 1. The van der Waals surface area contributed by atoms with E-state index in [1.165, 1.54) is 35.2 Å². The Hall–Kier alpha value is -8.10. The Kier molecular flexibility index (Phi) is 21.6. The molecule has 2 aromatic heterocycles. The van der Waals surface area contributed by atoms with E-state index in [1.807, 2.05) is 39.0 Å². The topological polar surface area (TPSA) is 334 Å². The lowest BCUT2D eigenvalue weighted by Gasteiger charge is -2.64. The van der Waals surface area contributed by atoms with E-state index in [9.17, 15) is 58.1 Å². The average molecular weight is 1280 g/mol. The van der Waals surface area contributed by atoms with Gasteiger partial charge in [0.2, 0.25) is 0 Å². The Balaban J connectivity index is 0.000000197. The minimum atomic E-state index is -1.46. The number of urea groups is 1. The SMILES string of the molecule is CCN1CCN(C(=O)Cl)C(=O)C1=O.CCN1CCN(C(=O)NC(C(=O)C[C@H]2Cc3cccc(C(=O)O)c3OB2O)c2ccccn2)C(=O)C1=O.COc1c(C[C@H](CC(=O)C(N)c2ccccn2)B2OC3C[C@H]4C[C@@H](C4(C)C)[C@]3(C)O2)cccc1C(=O)OC(C)(C)C. The molecule has 25 nitrogen and oxygen atoms in total. The van der Waals surface area contributed by atoms with E-state index in [-0.39, 0.29) is 79.0 Å². The Labute approximate surface area is 533 Å². The quantitative estimate of drug-likeness (QED) is 0.0307. The first-order chi connectivity index (χ1) is 43.0. The third-order valence-corrected chi connectivity index (χ3v) is 18.1. The van der Waals surface area contributed by atoms with Crippen LogP contribution in [0.3, 0.4) is 0 Å². The highest BCUT2D eigenvalue weighted by atomic mass is 35.5. The molecule has 2 bridgehead atoms. The van der Waals surface area contributed by atoms with Gasteiger partial charge in [-0.25, -0.2) is 14.4 Å². The van der Waals surface area contributed by atoms with Gasteiger partial charge in [0.15, 0.2) is 11.6 Å². The zero-order chi connectivity index (χ0) is 66.4. The van der Waals surface area contributed by atoms with Crippen molar-refractivity contribution in [1.29, 1.82) is 0 Å². The summed E-state index contributed by atoms with van der Waals surface area (Å²) < 4.78 is 30.3. The molecule has 3 aliphatic carbocycles. The minimum absolute atomic E-state index is 0.0226. The lowest BCUT2D eigenvalue weighted by molar-refractivity contribution is -0.199. The van der Waals surface area contributed by atoms with Crippen molar-refractivity contribution in [2.24, 2.45) is 23.0 Å². The highest BCUT2D eigenvalue weighted by molar-refractivity contribution is 6.65. The fourth-order valence-electron chi connectivity index (χ4n) is 12.8. The molecular weight excluding hydrogens is 1200 g/mol. The van der Waals surface area contributed by atoms with Crippen molar-refractivity contribution in [3.8, 4) is 11.5 Å². The number of nitrogens with two attached hydrogens (primary N) is 1. The fourth-order valence-corrected chi connectivity index (χ4v) is 13.0. The molecule has 6 heterocycles. The second-order valence-electron chi connectivity index (χ2n) is 25.0. The van der Waals surface area contributed by atoms with Crippen molar-refractivity contribution in [1.82, 2.24) is 34.9 Å². The van der Waals surface area contributed by atoms with E-state index < -0.39 is 96.1 Å². The zero-order valence-electron chi connectivity index (χ0n) is 52.4. The highest BCUT2D eigenvalue weighted by Gasteiger charge is 2.68. The summed E-state index contributed by atoms with van der Waals surface area (Å²) in [5.41, 5.74) is 7.79. The first-order valence-electron chi connectivity index (χ1n) is 30.3. The van der Waals surface area contributed by atoms with Crippen LogP contribution in [0, 0.1) is 17.3 Å². The number of nitrogens with zero attached hydrogens (tertiary/aromatic N) is 6. The summed E-state index contributed by atoms with van der Waals surface area (Å²) >= 11 is 5.10. The number of amides is 7. The Morgan fingerprint density at radius 1 is 0.802 bits per heavy atom. The Morgan fingerprint density at radius 2 is 1.41 bits per heavy atom. The van der Waals surface area contributed by atoms with Gasteiger partial charge in [0.05, 0.1) is 35.8 Å². The summed E-state index contributed by atoms with van der Waals surface area (Å²) in [4.78, 5) is 135. The summed E-state index contributed by atoms with van der Waals surface area (Å²) in [5.74, 6) is -5.23. The van der Waals surface area contributed by atoms with Crippen LogP contribution in [0.5, 0.6) is 11.5 Å². The number of Topliss-reactive ketones (excluding diaryl/α,β-unsaturated/α-hetero) is 2. The van der Waals surface area contributed by atoms with E-state index in [0.29, 0.717) is 60.5 Å². The van der Waals surface area contributed by atoms with Gasteiger partial charge in [-0.3, -0.25) is 53.3 Å². The monoisotopic (exact) mass is 1270 g/mol. The number of para-hydroxylation sites is 2. The largest absolute Gasteiger partial charge is 0.535 e. The normalized spacial score (nSPS) is 22.5. The summed E-state index contributed by atoms with van der Waals surface area (Å²) in [6, 6.07) is 17.1. The maximum Gasteiger partial charge on any atom is 0.526 e.